The first-order valence-electron chi connectivity index (χ1n) is 13.1. The average Bonchev–Trinajstić information content (AvgIpc) is 3.15. The lowest BCUT2D eigenvalue weighted by Gasteiger charge is -2.36. The summed E-state index contributed by atoms with van der Waals surface area (Å²) in [4.78, 5) is 43.5. The predicted molar refractivity (Wildman–Crippen MR) is 151 cm³/mol. The molecule has 10 heteroatoms. The second-order valence-electron chi connectivity index (χ2n) is 9.38. The van der Waals surface area contributed by atoms with Crippen molar-refractivity contribution in [1.29, 1.82) is 5.26 Å². The van der Waals surface area contributed by atoms with Gasteiger partial charge in [-0.15, -0.1) is 0 Å². The minimum absolute atomic E-state index is 0.0755. The van der Waals surface area contributed by atoms with Crippen molar-refractivity contribution in [2.45, 2.75) is 72.8 Å². The van der Waals surface area contributed by atoms with Gasteiger partial charge in [0.15, 0.2) is 0 Å². The molecule has 0 saturated carbocycles. The van der Waals surface area contributed by atoms with Gasteiger partial charge in [0, 0.05) is 31.7 Å². The number of thioether (sulfide) groups is 1. The Morgan fingerprint density at radius 3 is 2.57 bits per heavy atom. The Balaban J connectivity index is 2.18. The van der Waals surface area contributed by atoms with Gasteiger partial charge in [-0.05, 0) is 51.2 Å². The van der Waals surface area contributed by atoms with Crippen LogP contribution in [0.15, 0.2) is 9.70 Å². The van der Waals surface area contributed by atoms with Crippen LogP contribution < -0.4 is 10.5 Å². The molecule has 1 amide bonds. The highest BCUT2D eigenvalue weighted by molar-refractivity contribution is 8.26. The minimum atomic E-state index is -0.339. The summed E-state index contributed by atoms with van der Waals surface area (Å²) in [6.07, 6.45) is 6.70. The maximum atomic E-state index is 13.5. The molecule has 3 heterocycles. The maximum absolute atomic E-state index is 13.5. The van der Waals surface area contributed by atoms with Crippen LogP contribution in [-0.2, 0) is 20.9 Å². The molecule has 0 aliphatic carbocycles. The van der Waals surface area contributed by atoms with Crippen molar-refractivity contribution < 1.29 is 14.3 Å². The number of nitriles is 1. The van der Waals surface area contributed by atoms with E-state index >= 15 is 0 Å². The number of ether oxygens (including phenoxy) is 1. The zero-order valence-electron chi connectivity index (χ0n) is 22.2. The standard InChI is InChI=1S/C27H36N4O4S2/c1-5-8-13-30-23(29-12-10-11-19(17-29)26(34)35-7-3)20(18(4)21(16-28)24(30)32)15-22-25(33)31(14-9-6-2)27(36)37-22/h15,19H,5-14,17H2,1-4H3/b22-15-. The van der Waals surface area contributed by atoms with Crippen LogP contribution in [0, 0.1) is 24.2 Å². The largest absolute Gasteiger partial charge is 0.466 e. The Morgan fingerprint density at radius 1 is 1.22 bits per heavy atom. The highest BCUT2D eigenvalue weighted by atomic mass is 32.2. The molecular weight excluding hydrogens is 508 g/mol. The summed E-state index contributed by atoms with van der Waals surface area (Å²) in [6.45, 7) is 10.1. The molecule has 0 spiro atoms. The SMILES string of the molecule is CCCCN1C(=O)/C(=C/c2c(C)c(C#N)c(=O)n(CCCC)c2N2CCCC(C(=O)OCC)C2)SC1=S. The average molecular weight is 545 g/mol. The zero-order valence-corrected chi connectivity index (χ0v) is 23.8. The Hall–Kier alpha value is -2.64. The fourth-order valence-corrected chi connectivity index (χ4v) is 6.06. The van der Waals surface area contributed by atoms with Crippen molar-refractivity contribution >= 4 is 52.1 Å². The summed E-state index contributed by atoms with van der Waals surface area (Å²) in [7, 11) is 0. The number of carbonyl (C=O) groups is 2. The highest BCUT2D eigenvalue weighted by Gasteiger charge is 2.34. The molecule has 37 heavy (non-hydrogen) atoms. The summed E-state index contributed by atoms with van der Waals surface area (Å²) >= 11 is 6.74. The summed E-state index contributed by atoms with van der Waals surface area (Å²) in [5, 5.41) is 9.88. The van der Waals surface area contributed by atoms with Gasteiger partial charge in [-0.2, -0.15) is 5.26 Å². The van der Waals surface area contributed by atoms with Crippen LogP contribution >= 0.6 is 24.0 Å². The molecule has 0 radical (unpaired) electrons. The Morgan fingerprint density at radius 2 is 1.92 bits per heavy atom. The Kier molecular flexibility index (Phi) is 10.4. The lowest BCUT2D eigenvalue weighted by atomic mass is 9.96. The lowest BCUT2D eigenvalue weighted by Crippen LogP contribution is -2.43. The van der Waals surface area contributed by atoms with E-state index in [1.54, 1.807) is 29.4 Å². The second-order valence-corrected chi connectivity index (χ2v) is 11.1. The fourth-order valence-electron chi connectivity index (χ4n) is 4.77. The van der Waals surface area contributed by atoms with E-state index in [9.17, 15) is 19.6 Å². The second kappa shape index (κ2) is 13.2. The predicted octanol–water partition coefficient (Wildman–Crippen LogP) is 4.61. The van der Waals surface area contributed by atoms with Gasteiger partial charge in [-0.3, -0.25) is 23.9 Å². The van der Waals surface area contributed by atoms with Crippen molar-refractivity contribution in [2.75, 3.05) is 31.1 Å². The van der Waals surface area contributed by atoms with Crippen LogP contribution in [-0.4, -0.2) is 51.9 Å². The number of nitrogens with zero attached hydrogens (tertiary/aromatic N) is 4. The van der Waals surface area contributed by atoms with Gasteiger partial charge in [0.05, 0.1) is 17.4 Å². The smallest absolute Gasteiger partial charge is 0.310 e. The first-order chi connectivity index (χ1) is 17.8. The van der Waals surface area contributed by atoms with Gasteiger partial charge in [-0.25, -0.2) is 0 Å². The number of amides is 1. The van der Waals surface area contributed by atoms with Crippen LogP contribution in [0.4, 0.5) is 5.82 Å². The van der Waals surface area contributed by atoms with Gasteiger partial charge in [-0.1, -0.05) is 50.7 Å². The Bertz CT molecular complexity index is 1180. The first-order valence-corrected chi connectivity index (χ1v) is 14.4. The van der Waals surface area contributed by atoms with E-state index < -0.39 is 0 Å². The zero-order chi connectivity index (χ0) is 27.1. The van der Waals surface area contributed by atoms with Gasteiger partial charge in [0.25, 0.3) is 11.5 Å². The van der Waals surface area contributed by atoms with Crippen molar-refractivity contribution in [3.05, 3.63) is 31.9 Å². The fraction of sp³-hybridized carbons (Fsp3) is 0.593. The molecule has 2 aliphatic heterocycles. The van der Waals surface area contributed by atoms with Gasteiger partial charge in [0.2, 0.25) is 0 Å². The number of thiocarbonyl (C=S) groups is 1. The molecule has 0 aromatic carbocycles. The third-order valence-corrected chi connectivity index (χ3v) is 8.18. The van der Waals surface area contributed by atoms with Crippen LogP contribution in [0.2, 0.25) is 0 Å². The number of esters is 1. The van der Waals surface area contributed by atoms with Crippen LogP contribution in [0.25, 0.3) is 6.08 Å². The normalized spacial score (nSPS) is 19.0. The number of carbonyl (C=O) groups excluding carboxylic acids is 2. The number of anilines is 1. The van der Waals surface area contributed by atoms with Crippen molar-refractivity contribution in [3.8, 4) is 6.07 Å². The van der Waals surface area contributed by atoms with Gasteiger partial charge >= 0.3 is 5.97 Å². The molecule has 200 valence electrons. The van der Waals surface area contributed by atoms with E-state index in [1.165, 1.54) is 11.8 Å². The van der Waals surface area contributed by atoms with E-state index in [-0.39, 0.29) is 28.9 Å². The molecule has 2 saturated heterocycles. The third kappa shape index (κ3) is 6.27. The number of aromatic nitrogens is 1. The molecule has 1 unspecified atom stereocenters. The van der Waals surface area contributed by atoms with Crippen molar-refractivity contribution in [3.63, 3.8) is 0 Å². The molecule has 8 nitrogen and oxygen atoms in total. The van der Waals surface area contributed by atoms with E-state index in [0.717, 1.165) is 38.5 Å². The van der Waals surface area contributed by atoms with E-state index in [2.05, 4.69) is 17.9 Å². The topological polar surface area (TPSA) is 95.6 Å². The van der Waals surface area contributed by atoms with Crippen LogP contribution in [0.1, 0.15) is 76.0 Å². The summed E-state index contributed by atoms with van der Waals surface area (Å²) in [6, 6.07) is 2.09. The molecule has 0 N–H and O–H groups in total. The Labute approximate surface area is 228 Å². The quantitative estimate of drug-likeness (QED) is 0.239. The number of piperidine rings is 1. The number of hydrogen-bond donors (Lipinski definition) is 0. The van der Waals surface area contributed by atoms with Gasteiger partial charge in [0.1, 0.15) is 21.8 Å². The molecule has 0 bridgehead atoms. The molecule has 2 fully saturated rings. The molecule has 3 rings (SSSR count). The number of rotatable bonds is 10. The summed E-state index contributed by atoms with van der Waals surface area (Å²) in [5.41, 5.74) is 0.931. The highest BCUT2D eigenvalue weighted by Crippen LogP contribution is 2.37. The molecule has 1 aromatic heterocycles. The summed E-state index contributed by atoms with van der Waals surface area (Å²) < 4.78 is 7.47. The molecule has 1 aromatic rings. The number of hydrogen-bond acceptors (Lipinski definition) is 8. The minimum Gasteiger partial charge on any atom is -0.466 e. The van der Waals surface area contributed by atoms with Crippen molar-refractivity contribution in [2.24, 2.45) is 5.92 Å². The molecular formula is C27H36N4O4S2. The van der Waals surface area contributed by atoms with E-state index in [4.69, 9.17) is 17.0 Å². The number of pyridine rings is 1. The number of unbranched alkanes of at least 4 members (excludes halogenated alkanes) is 2. The maximum Gasteiger partial charge on any atom is 0.310 e. The third-order valence-electron chi connectivity index (χ3n) is 6.81. The lowest BCUT2D eigenvalue weighted by molar-refractivity contribution is -0.148. The monoisotopic (exact) mass is 544 g/mol. The van der Waals surface area contributed by atoms with Crippen LogP contribution in [0.5, 0.6) is 0 Å². The van der Waals surface area contributed by atoms with Gasteiger partial charge < -0.3 is 9.64 Å². The summed E-state index contributed by atoms with van der Waals surface area (Å²) in [5.74, 6) is -0.0396. The van der Waals surface area contributed by atoms with E-state index in [1.807, 2.05) is 6.92 Å². The van der Waals surface area contributed by atoms with E-state index in [0.29, 0.717) is 59.0 Å². The molecule has 2 aliphatic rings. The first kappa shape index (κ1) is 28.9. The van der Waals surface area contributed by atoms with Crippen LogP contribution in [0.3, 0.4) is 0 Å². The molecule has 1 atom stereocenters. The van der Waals surface area contributed by atoms with Crippen molar-refractivity contribution in [1.82, 2.24) is 9.47 Å².